The molecule has 1 heterocycles. The summed E-state index contributed by atoms with van der Waals surface area (Å²) in [6.45, 7) is 10.2. The summed E-state index contributed by atoms with van der Waals surface area (Å²) in [4.78, 5) is 11.9. The van der Waals surface area contributed by atoms with Crippen LogP contribution in [0.15, 0.2) is 18.2 Å². The number of ether oxygens (including phenoxy) is 2. The largest absolute Gasteiger partial charge is 0.444 e. The maximum atomic E-state index is 14.0. The van der Waals surface area contributed by atoms with E-state index in [-0.39, 0.29) is 17.3 Å². The Kier molecular flexibility index (Phi) is 5.93. The fraction of sp³-hybridized carbons (Fsp3) is 0.632. The third kappa shape index (κ3) is 5.88. The van der Waals surface area contributed by atoms with Crippen LogP contribution in [0, 0.1) is 5.82 Å². The predicted molar refractivity (Wildman–Crippen MR) is 97.5 cm³/mol. The van der Waals surface area contributed by atoms with Crippen molar-refractivity contribution in [2.75, 3.05) is 17.2 Å². The molecule has 1 fully saturated rings. The smallest absolute Gasteiger partial charge is 0.412 e. The van der Waals surface area contributed by atoms with Gasteiger partial charge in [-0.15, -0.1) is 0 Å². The molecule has 140 valence electrons. The van der Waals surface area contributed by atoms with Crippen molar-refractivity contribution in [3.63, 3.8) is 0 Å². The molecule has 0 saturated carbocycles. The standard InChI is InChI=1S/C19H29FN2O3/c1-6-19(5)12-14(9-10-24-19)21-13-7-8-15(20)16(11-13)22-17(23)25-18(2,3)4/h7-8,11,14,21H,6,9-10,12H2,1-5H3,(H,22,23). The first-order chi connectivity index (χ1) is 11.6. The van der Waals surface area contributed by atoms with Crippen molar-refractivity contribution in [3.8, 4) is 0 Å². The van der Waals surface area contributed by atoms with Crippen molar-refractivity contribution in [2.45, 2.75) is 71.1 Å². The number of carbonyl (C=O) groups excluding carboxylic acids is 1. The summed E-state index contributed by atoms with van der Waals surface area (Å²) < 4.78 is 25.0. The molecule has 0 spiro atoms. The van der Waals surface area contributed by atoms with E-state index in [0.29, 0.717) is 6.61 Å². The van der Waals surface area contributed by atoms with Crippen molar-refractivity contribution in [2.24, 2.45) is 0 Å². The Hall–Kier alpha value is -1.82. The van der Waals surface area contributed by atoms with Gasteiger partial charge < -0.3 is 14.8 Å². The number of amides is 1. The maximum absolute atomic E-state index is 14.0. The van der Waals surface area contributed by atoms with Crippen LogP contribution in [-0.2, 0) is 9.47 Å². The number of anilines is 2. The Morgan fingerprint density at radius 1 is 1.44 bits per heavy atom. The van der Waals surface area contributed by atoms with Gasteiger partial charge in [-0.2, -0.15) is 0 Å². The highest BCUT2D eigenvalue weighted by molar-refractivity contribution is 5.85. The van der Waals surface area contributed by atoms with Gasteiger partial charge in [-0.1, -0.05) is 6.92 Å². The second-order valence-corrected chi connectivity index (χ2v) is 7.81. The van der Waals surface area contributed by atoms with Gasteiger partial charge in [-0.05, 0) is 65.2 Å². The zero-order chi connectivity index (χ0) is 18.7. The van der Waals surface area contributed by atoms with E-state index in [4.69, 9.17) is 9.47 Å². The van der Waals surface area contributed by atoms with Crippen LogP contribution in [0.3, 0.4) is 0 Å². The number of rotatable bonds is 4. The summed E-state index contributed by atoms with van der Waals surface area (Å²) in [7, 11) is 0. The lowest BCUT2D eigenvalue weighted by atomic mass is 9.90. The van der Waals surface area contributed by atoms with Crippen molar-refractivity contribution in [1.82, 2.24) is 0 Å². The average Bonchev–Trinajstić information content (AvgIpc) is 2.49. The molecule has 1 aliphatic heterocycles. The first-order valence-corrected chi connectivity index (χ1v) is 8.80. The highest BCUT2D eigenvalue weighted by Crippen LogP contribution is 2.30. The summed E-state index contributed by atoms with van der Waals surface area (Å²) in [5.41, 5.74) is 0.0961. The van der Waals surface area contributed by atoms with Crippen molar-refractivity contribution in [1.29, 1.82) is 0 Å². The molecule has 1 aromatic rings. The van der Waals surface area contributed by atoms with Gasteiger partial charge in [0, 0.05) is 18.3 Å². The van der Waals surface area contributed by atoms with Gasteiger partial charge in [-0.25, -0.2) is 9.18 Å². The number of benzene rings is 1. The van der Waals surface area contributed by atoms with E-state index in [1.54, 1.807) is 32.9 Å². The zero-order valence-electron chi connectivity index (χ0n) is 15.7. The Labute approximate surface area is 149 Å². The van der Waals surface area contributed by atoms with Gasteiger partial charge in [0.15, 0.2) is 0 Å². The number of halogens is 1. The summed E-state index contributed by atoms with van der Waals surface area (Å²) in [6, 6.07) is 4.86. The highest BCUT2D eigenvalue weighted by atomic mass is 19.1. The number of nitrogens with one attached hydrogen (secondary N) is 2. The van der Waals surface area contributed by atoms with Crippen molar-refractivity contribution < 1.29 is 18.7 Å². The average molecular weight is 352 g/mol. The lowest BCUT2D eigenvalue weighted by Crippen LogP contribution is -2.41. The minimum absolute atomic E-state index is 0.101. The van der Waals surface area contributed by atoms with Crippen LogP contribution >= 0.6 is 0 Å². The number of hydrogen-bond donors (Lipinski definition) is 2. The molecule has 0 bridgehead atoms. The summed E-state index contributed by atoms with van der Waals surface area (Å²) in [5.74, 6) is -0.498. The van der Waals surface area contributed by atoms with Gasteiger partial charge in [-0.3, -0.25) is 5.32 Å². The first-order valence-electron chi connectivity index (χ1n) is 8.80. The SMILES string of the molecule is CCC1(C)CC(Nc2ccc(F)c(NC(=O)OC(C)(C)C)c2)CCO1. The van der Waals surface area contributed by atoms with E-state index in [9.17, 15) is 9.18 Å². The van der Waals surface area contributed by atoms with Gasteiger partial charge >= 0.3 is 6.09 Å². The van der Waals surface area contributed by atoms with Crippen LogP contribution in [0.4, 0.5) is 20.6 Å². The molecule has 1 amide bonds. The number of carbonyl (C=O) groups is 1. The van der Waals surface area contributed by atoms with E-state index in [2.05, 4.69) is 24.5 Å². The molecule has 1 aliphatic rings. The fourth-order valence-electron chi connectivity index (χ4n) is 2.86. The molecular weight excluding hydrogens is 323 g/mol. The molecule has 0 radical (unpaired) electrons. The Morgan fingerprint density at radius 2 is 2.16 bits per heavy atom. The molecular formula is C19H29FN2O3. The third-order valence-corrected chi connectivity index (χ3v) is 4.32. The van der Waals surface area contributed by atoms with Crippen LogP contribution in [0.2, 0.25) is 0 Å². The first kappa shape index (κ1) is 19.5. The van der Waals surface area contributed by atoms with Crippen LogP contribution in [0.25, 0.3) is 0 Å². The van der Waals surface area contributed by atoms with Crippen LogP contribution in [-0.4, -0.2) is 29.9 Å². The van der Waals surface area contributed by atoms with Crippen molar-refractivity contribution in [3.05, 3.63) is 24.0 Å². The Morgan fingerprint density at radius 3 is 2.80 bits per heavy atom. The summed E-state index contributed by atoms with van der Waals surface area (Å²) in [5, 5.41) is 5.89. The minimum atomic E-state index is -0.673. The topological polar surface area (TPSA) is 59.6 Å². The molecule has 1 saturated heterocycles. The molecule has 0 aliphatic carbocycles. The minimum Gasteiger partial charge on any atom is -0.444 e. The van der Waals surface area contributed by atoms with Crippen LogP contribution in [0.5, 0.6) is 0 Å². The molecule has 2 atom stereocenters. The second kappa shape index (κ2) is 7.60. The van der Waals surface area contributed by atoms with Crippen LogP contribution in [0.1, 0.15) is 53.9 Å². The summed E-state index contributed by atoms with van der Waals surface area (Å²) >= 11 is 0. The van der Waals surface area contributed by atoms with Gasteiger partial charge in [0.05, 0.1) is 11.3 Å². The van der Waals surface area contributed by atoms with E-state index in [1.807, 2.05) is 0 Å². The lowest BCUT2D eigenvalue weighted by Gasteiger charge is -2.38. The number of hydrogen-bond acceptors (Lipinski definition) is 4. The molecule has 25 heavy (non-hydrogen) atoms. The van der Waals surface area contributed by atoms with E-state index < -0.39 is 17.5 Å². The molecule has 0 aromatic heterocycles. The van der Waals surface area contributed by atoms with E-state index >= 15 is 0 Å². The van der Waals surface area contributed by atoms with Crippen molar-refractivity contribution >= 4 is 17.5 Å². The second-order valence-electron chi connectivity index (χ2n) is 7.81. The third-order valence-electron chi connectivity index (χ3n) is 4.32. The van der Waals surface area contributed by atoms with Gasteiger partial charge in [0.1, 0.15) is 11.4 Å². The molecule has 1 aromatic carbocycles. The highest BCUT2D eigenvalue weighted by Gasteiger charge is 2.31. The molecule has 2 unspecified atom stereocenters. The van der Waals surface area contributed by atoms with Gasteiger partial charge in [0.2, 0.25) is 0 Å². The van der Waals surface area contributed by atoms with Gasteiger partial charge in [0.25, 0.3) is 0 Å². The Bertz CT molecular complexity index is 615. The quantitative estimate of drug-likeness (QED) is 0.806. The zero-order valence-corrected chi connectivity index (χ0v) is 15.7. The maximum Gasteiger partial charge on any atom is 0.412 e. The Balaban J connectivity index is 2.04. The molecule has 6 heteroatoms. The normalized spacial score (nSPS) is 23.8. The lowest BCUT2D eigenvalue weighted by molar-refractivity contribution is -0.0708. The predicted octanol–water partition coefficient (Wildman–Crippen LogP) is 4.93. The fourth-order valence-corrected chi connectivity index (χ4v) is 2.86. The van der Waals surface area contributed by atoms with E-state index in [1.165, 1.54) is 6.07 Å². The summed E-state index contributed by atoms with van der Waals surface area (Å²) in [6.07, 6.45) is 2.05. The van der Waals surface area contributed by atoms with Crippen LogP contribution < -0.4 is 10.6 Å². The molecule has 5 nitrogen and oxygen atoms in total. The molecule has 2 N–H and O–H groups in total. The molecule has 2 rings (SSSR count). The van der Waals surface area contributed by atoms with E-state index in [0.717, 1.165) is 24.9 Å². The monoisotopic (exact) mass is 352 g/mol.